The van der Waals surface area contributed by atoms with Gasteiger partial charge in [-0.15, -0.1) is 0 Å². The molecule has 1 aromatic heterocycles. The number of aryl methyl sites for hydroxylation is 1. The molecule has 0 aliphatic rings. The van der Waals surface area contributed by atoms with E-state index in [1.807, 2.05) is 0 Å². The number of imidazole rings is 1. The zero-order valence-electron chi connectivity index (χ0n) is 9.73. The molecule has 0 saturated carbocycles. The third-order valence-corrected chi connectivity index (χ3v) is 2.74. The molecule has 6 heteroatoms. The lowest BCUT2D eigenvalue weighted by atomic mass is 10.2. The lowest BCUT2D eigenvalue weighted by molar-refractivity contribution is -0.164. The average molecular weight is 254 g/mol. The number of carbonyl (C=O) groups is 1. The van der Waals surface area contributed by atoms with Crippen molar-refractivity contribution < 1.29 is 18.7 Å². The molecular formula is C12H12F2N2O2. The molecule has 2 rings (SSSR count). The summed E-state index contributed by atoms with van der Waals surface area (Å²) in [5, 5.41) is 8.45. The number of carboxylic acid groups (broad SMARTS) is 1. The van der Waals surface area contributed by atoms with E-state index in [4.69, 9.17) is 5.11 Å². The fraction of sp³-hybridized carbons (Fsp3) is 0.333. The Balaban J connectivity index is 2.48. The normalized spacial score (nSPS) is 11.9. The van der Waals surface area contributed by atoms with Crippen molar-refractivity contribution in [1.82, 2.24) is 9.55 Å². The van der Waals surface area contributed by atoms with Crippen LogP contribution in [0.5, 0.6) is 0 Å². The summed E-state index contributed by atoms with van der Waals surface area (Å²) < 4.78 is 28.1. The van der Waals surface area contributed by atoms with Crippen LogP contribution in [0.3, 0.4) is 0 Å². The number of rotatable bonds is 4. The van der Waals surface area contributed by atoms with E-state index in [-0.39, 0.29) is 5.82 Å². The molecule has 0 unspecified atom stereocenters. The number of nitrogens with zero attached hydrogens (tertiary/aromatic N) is 2. The topological polar surface area (TPSA) is 55.1 Å². The summed E-state index contributed by atoms with van der Waals surface area (Å²) in [6, 6.07) is 7.03. The van der Waals surface area contributed by atoms with Crippen molar-refractivity contribution in [2.75, 3.05) is 0 Å². The standard InChI is InChI=1S/C12H12F2N2O2/c1-2-16-9-6-4-3-5-8(9)15-10(16)7-12(13,14)11(17)18/h3-6H,2,7H2,1H3,(H,17,18). The molecule has 1 heterocycles. The van der Waals surface area contributed by atoms with Crippen LogP contribution in [0, 0.1) is 0 Å². The van der Waals surface area contributed by atoms with Crippen LogP contribution in [0.4, 0.5) is 8.78 Å². The van der Waals surface area contributed by atoms with Gasteiger partial charge >= 0.3 is 11.9 Å². The molecule has 4 nitrogen and oxygen atoms in total. The number of para-hydroxylation sites is 2. The van der Waals surface area contributed by atoms with Gasteiger partial charge in [0.1, 0.15) is 5.82 Å². The Labute approximate surface area is 102 Å². The first-order chi connectivity index (χ1) is 8.45. The van der Waals surface area contributed by atoms with Crippen LogP contribution in [0.1, 0.15) is 12.7 Å². The highest BCUT2D eigenvalue weighted by Crippen LogP contribution is 2.23. The summed E-state index contributed by atoms with van der Waals surface area (Å²) >= 11 is 0. The quantitative estimate of drug-likeness (QED) is 0.910. The predicted octanol–water partition coefficient (Wildman–Crippen LogP) is 2.32. The van der Waals surface area contributed by atoms with Gasteiger partial charge in [-0.1, -0.05) is 12.1 Å². The second-order valence-electron chi connectivity index (χ2n) is 3.95. The van der Waals surface area contributed by atoms with E-state index >= 15 is 0 Å². The van der Waals surface area contributed by atoms with Crippen LogP contribution in [0.2, 0.25) is 0 Å². The Kier molecular flexibility index (Phi) is 3.02. The number of aliphatic carboxylic acids is 1. The van der Waals surface area contributed by atoms with Crippen LogP contribution in [0.15, 0.2) is 24.3 Å². The van der Waals surface area contributed by atoms with E-state index in [1.54, 1.807) is 35.8 Å². The SMILES string of the molecule is CCn1c(CC(F)(F)C(=O)O)nc2ccccc21. The molecule has 0 radical (unpaired) electrons. The van der Waals surface area contributed by atoms with Gasteiger partial charge in [-0.3, -0.25) is 0 Å². The van der Waals surface area contributed by atoms with Crippen molar-refractivity contribution in [3.8, 4) is 0 Å². The van der Waals surface area contributed by atoms with Gasteiger partial charge in [0.05, 0.1) is 17.5 Å². The molecule has 0 fully saturated rings. The first-order valence-corrected chi connectivity index (χ1v) is 5.51. The molecule has 0 atom stereocenters. The number of alkyl halides is 2. The summed E-state index contributed by atoms with van der Waals surface area (Å²) in [4.78, 5) is 14.5. The van der Waals surface area contributed by atoms with Crippen molar-refractivity contribution >= 4 is 17.0 Å². The van der Waals surface area contributed by atoms with Gasteiger partial charge in [-0.25, -0.2) is 9.78 Å². The minimum atomic E-state index is -3.80. The molecular weight excluding hydrogens is 242 g/mol. The maximum Gasteiger partial charge on any atom is 0.375 e. The maximum atomic E-state index is 13.2. The molecule has 18 heavy (non-hydrogen) atoms. The van der Waals surface area contributed by atoms with Crippen molar-refractivity contribution in [2.24, 2.45) is 0 Å². The Hall–Kier alpha value is -1.98. The predicted molar refractivity (Wildman–Crippen MR) is 61.7 cm³/mol. The Bertz CT molecular complexity index is 593. The van der Waals surface area contributed by atoms with E-state index < -0.39 is 18.3 Å². The monoisotopic (exact) mass is 254 g/mol. The molecule has 96 valence electrons. The highest BCUT2D eigenvalue weighted by Gasteiger charge is 2.40. The molecule has 1 aromatic carbocycles. The third-order valence-electron chi connectivity index (χ3n) is 2.74. The second kappa shape index (κ2) is 4.36. The smallest absolute Gasteiger partial charge is 0.375 e. The molecule has 1 N–H and O–H groups in total. The molecule has 0 aliphatic carbocycles. The van der Waals surface area contributed by atoms with E-state index in [1.165, 1.54) is 0 Å². The first-order valence-electron chi connectivity index (χ1n) is 5.51. The molecule has 0 saturated heterocycles. The van der Waals surface area contributed by atoms with E-state index in [0.717, 1.165) is 5.52 Å². The maximum absolute atomic E-state index is 13.2. The zero-order valence-corrected chi connectivity index (χ0v) is 9.73. The fourth-order valence-corrected chi connectivity index (χ4v) is 1.89. The van der Waals surface area contributed by atoms with Crippen molar-refractivity contribution in [1.29, 1.82) is 0 Å². The molecule has 0 amide bonds. The van der Waals surface area contributed by atoms with Crippen LogP contribution in [-0.4, -0.2) is 26.5 Å². The van der Waals surface area contributed by atoms with Crippen LogP contribution >= 0.6 is 0 Å². The summed E-state index contributed by atoms with van der Waals surface area (Å²) in [6.45, 7) is 2.27. The third kappa shape index (κ3) is 2.05. The largest absolute Gasteiger partial charge is 0.477 e. The summed E-state index contributed by atoms with van der Waals surface area (Å²) in [6.07, 6.45) is -0.898. The summed E-state index contributed by atoms with van der Waals surface area (Å²) in [7, 11) is 0. The first kappa shape index (κ1) is 12.5. The number of halogens is 2. The van der Waals surface area contributed by atoms with Crippen LogP contribution in [0.25, 0.3) is 11.0 Å². The minimum absolute atomic E-state index is 0.0890. The minimum Gasteiger partial charge on any atom is -0.477 e. The van der Waals surface area contributed by atoms with Crippen molar-refractivity contribution in [3.05, 3.63) is 30.1 Å². The van der Waals surface area contributed by atoms with E-state index in [9.17, 15) is 13.6 Å². The Morgan fingerprint density at radius 3 is 2.72 bits per heavy atom. The number of fused-ring (bicyclic) bond motifs is 1. The Morgan fingerprint density at radius 1 is 1.44 bits per heavy atom. The van der Waals surface area contributed by atoms with Gasteiger partial charge in [0, 0.05) is 6.54 Å². The second-order valence-corrected chi connectivity index (χ2v) is 3.95. The highest BCUT2D eigenvalue weighted by atomic mass is 19.3. The summed E-state index contributed by atoms with van der Waals surface area (Å²) in [5.41, 5.74) is 1.33. The number of aromatic nitrogens is 2. The molecule has 0 bridgehead atoms. The number of hydrogen-bond acceptors (Lipinski definition) is 2. The van der Waals surface area contributed by atoms with Gasteiger partial charge in [-0.05, 0) is 19.1 Å². The number of benzene rings is 1. The van der Waals surface area contributed by atoms with Crippen molar-refractivity contribution in [2.45, 2.75) is 25.8 Å². The van der Waals surface area contributed by atoms with Gasteiger partial charge in [0.15, 0.2) is 0 Å². The molecule has 2 aromatic rings. The zero-order chi connectivity index (χ0) is 13.3. The lowest BCUT2D eigenvalue weighted by Crippen LogP contribution is -2.32. The van der Waals surface area contributed by atoms with Gasteiger partial charge in [-0.2, -0.15) is 8.78 Å². The average Bonchev–Trinajstić information content (AvgIpc) is 2.64. The Morgan fingerprint density at radius 2 is 2.11 bits per heavy atom. The lowest BCUT2D eigenvalue weighted by Gasteiger charge is -2.11. The van der Waals surface area contributed by atoms with Gasteiger partial charge < -0.3 is 9.67 Å². The number of carboxylic acids is 1. The summed E-state index contributed by atoms with van der Waals surface area (Å²) in [5.74, 6) is -5.84. The van der Waals surface area contributed by atoms with Gasteiger partial charge in [0.2, 0.25) is 0 Å². The number of hydrogen-bond donors (Lipinski definition) is 1. The highest BCUT2D eigenvalue weighted by molar-refractivity contribution is 5.77. The fourth-order valence-electron chi connectivity index (χ4n) is 1.89. The molecule has 0 spiro atoms. The van der Waals surface area contributed by atoms with E-state index in [2.05, 4.69) is 4.98 Å². The van der Waals surface area contributed by atoms with Crippen molar-refractivity contribution in [3.63, 3.8) is 0 Å². The van der Waals surface area contributed by atoms with Crippen LogP contribution < -0.4 is 0 Å². The van der Waals surface area contributed by atoms with Gasteiger partial charge in [0.25, 0.3) is 0 Å². The molecule has 0 aliphatic heterocycles. The van der Waals surface area contributed by atoms with Crippen LogP contribution in [-0.2, 0) is 17.8 Å². The van der Waals surface area contributed by atoms with E-state index in [0.29, 0.717) is 12.1 Å².